The molecule has 1 aromatic heterocycles. The van der Waals surface area contributed by atoms with Crippen LogP contribution in [0.2, 0.25) is 0 Å². The molecule has 0 bridgehead atoms. The number of carbonyl (C=O) groups is 1. The minimum absolute atomic E-state index is 0.0619. The molecule has 0 saturated carbocycles. The molecule has 164 valence electrons. The van der Waals surface area contributed by atoms with Crippen LogP contribution in [0.1, 0.15) is 48.4 Å². The molecule has 2 aliphatic rings. The van der Waals surface area contributed by atoms with Gasteiger partial charge < -0.3 is 10.2 Å². The first-order valence-corrected chi connectivity index (χ1v) is 11.7. The maximum absolute atomic E-state index is 13.0. The number of nitrogens with zero attached hydrogens (tertiary/aromatic N) is 3. The molecule has 2 heterocycles. The fraction of sp³-hybridized carbons (Fsp3) is 0.370. The van der Waals surface area contributed by atoms with Crippen molar-refractivity contribution in [2.24, 2.45) is 5.92 Å². The van der Waals surface area contributed by atoms with E-state index in [-0.39, 0.29) is 17.9 Å². The highest BCUT2D eigenvalue weighted by Crippen LogP contribution is 2.30. The van der Waals surface area contributed by atoms with Gasteiger partial charge in [0.25, 0.3) is 0 Å². The molecule has 0 spiro atoms. The second-order valence-corrected chi connectivity index (χ2v) is 9.05. The van der Waals surface area contributed by atoms with Gasteiger partial charge in [0.15, 0.2) is 0 Å². The fourth-order valence-electron chi connectivity index (χ4n) is 4.99. The van der Waals surface area contributed by atoms with Crippen LogP contribution in [0.3, 0.4) is 0 Å². The molecule has 0 unspecified atom stereocenters. The van der Waals surface area contributed by atoms with Crippen LogP contribution >= 0.6 is 0 Å². The van der Waals surface area contributed by atoms with Gasteiger partial charge in [-0.3, -0.25) is 4.79 Å². The van der Waals surface area contributed by atoms with Gasteiger partial charge in [-0.05, 0) is 55.7 Å². The van der Waals surface area contributed by atoms with E-state index in [0.29, 0.717) is 0 Å². The lowest BCUT2D eigenvalue weighted by molar-refractivity contribution is -0.126. The highest BCUT2D eigenvalue weighted by Gasteiger charge is 2.29. The summed E-state index contributed by atoms with van der Waals surface area (Å²) in [6.45, 7) is 3.71. The molecule has 5 heteroatoms. The summed E-state index contributed by atoms with van der Waals surface area (Å²) in [5.74, 6) is 1.01. The van der Waals surface area contributed by atoms with Gasteiger partial charge in [0.1, 0.15) is 0 Å². The number of rotatable bonds is 4. The van der Waals surface area contributed by atoms with E-state index < -0.39 is 0 Å². The SMILES string of the molecule is Cc1cccc(-c2cnc(N3CCC(C(=O)N[C@@H]4CCCc5ccccc54)CC3)nc2)c1. The smallest absolute Gasteiger partial charge is 0.225 e. The molecule has 1 aliphatic carbocycles. The molecular weight excluding hydrogens is 396 g/mol. The van der Waals surface area contributed by atoms with Crippen molar-refractivity contribution >= 4 is 11.9 Å². The minimum Gasteiger partial charge on any atom is -0.349 e. The first-order valence-electron chi connectivity index (χ1n) is 11.7. The van der Waals surface area contributed by atoms with Gasteiger partial charge in [-0.25, -0.2) is 9.97 Å². The third-order valence-corrected chi connectivity index (χ3v) is 6.82. The number of hydrogen-bond donors (Lipinski definition) is 1. The van der Waals surface area contributed by atoms with E-state index in [1.807, 2.05) is 12.4 Å². The summed E-state index contributed by atoms with van der Waals surface area (Å²) >= 11 is 0. The van der Waals surface area contributed by atoms with Gasteiger partial charge in [0, 0.05) is 37.0 Å². The number of aromatic nitrogens is 2. The van der Waals surface area contributed by atoms with Crippen molar-refractivity contribution in [3.05, 3.63) is 77.6 Å². The molecule has 5 rings (SSSR count). The van der Waals surface area contributed by atoms with E-state index in [0.717, 1.165) is 62.3 Å². The van der Waals surface area contributed by atoms with Gasteiger partial charge >= 0.3 is 0 Å². The van der Waals surface area contributed by atoms with Crippen LogP contribution < -0.4 is 10.2 Å². The predicted octanol–water partition coefficient (Wildman–Crippen LogP) is 4.86. The number of carbonyl (C=O) groups excluding carboxylic acids is 1. The van der Waals surface area contributed by atoms with Crippen LogP contribution in [0.5, 0.6) is 0 Å². The van der Waals surface area contributed by atoms with Crippen LogP contribution in [0.25, 0.3) is 11.1 Å². The Morgan fingerprint density at radius 2 is 1.75 bits per heavy atom. The zero-order valence-electron chi connectivity index (χ0n) is 18.6. The van der Waals surface area contributed by atoms with Gasteiger partial charge in [-0.2, -0.15) is 0 Å². The van der Waals surface area contributed by atoms with Crippen molar-refractivity contribution in [2.45, 2.75) is 45.1 Å². The maximum atomic E-state index is 13.0. The van der Waals surface area contributed by atoms with E-state index in [4.69, 9.17) is 0 Å². The number of aryl methyl sites for hydroxylation is 2. The summed E-state index contributed by atoms with van der Waals surface area (Å²) in [4.78, 5) is 24.4. The van der Waals surface area contributed by atoms with E-state index >= 15 is 0 Å². The Morgan fingerprint density at radius 1 is 0.969 bits per heavy atom. The van der Waals surface area contributed by atoms with Crippen LogP contribution in [0.15, 0.2) is 60.9 Å². The van der Waals surface area contributed by atoms with Crippen molar-refractivity contribution in [1.82, 2.24) is 15.3 Å². The van der Waals surface area contributed by atoms with E-state index in [1.165, 1.54) is 16.7 Å². The molecule has 1 saturated heterocycles. The average Bonchev–Trinajstić information content (AvgIpc) is 2.84. The molecule has 1 N–H and O–H groups in total. The first kappa shape index (κ1) is 20.7. The number of anilines is 1. The summed E-state index contributed by atoms with van der Waals surface area (Å²) < 4.78 is 0. The Labute approximate surface area is 189 Å². The Morgan fingerprint density at radius 3 is 2.53 bits per heavy atom. The molecule has 0 radical (unpaired) electrons. The number of fused-ring (bicyclic) bond motifs is 1. The van der Waals surface area contributed by atoms with Crippen LogP contribution in [-0.2, 0) is 11.2 Å². The molecule has 5 nitrogen and oxygen atoms in total. The van der Waals surface area contributed by atoms with E-state index in [1.54, 1.807) is 0 Å². The molecule has 2 aromatic carbocycles. The third-order valence-electron chi connectivity index (χ3n) is 6.82. The van der Waals surface area contributed by atoms with Crippen molar-refractivity contribution in [1.29, 1.82) is 0 Å². The summed E-state index contributed by atoms with van der Waals surface area (Å²) in [5.41, 5.74) is 6.07. The van der Waals surface area contributed by atoms with Crippen molar-refractivity contribution < 1.29 is 4.79 Å². The van der Waals surface area contributed by atoms with Crippen LogP contribution in [0, 0.1) is 12.8 Å². The molecule has 1 aliphatic heterocycles. The molecule has 1 atom stereocenters. The van der Waals surface area contributed by atoms with E-state index in [2.05, 4.69) is 75.6 Å². The number of nitrogens with one attached hydrogen (secondary N) is 1. The summed E-state index contributed by atoms with van der Waals surface area (Å²) in [6, 6.07) is 17.1. The monoisotopic (exact) mass is 426 g/mol. The van der Waals surface area contributed by atoms with Crippen molar-refractivity contribution in [3.8, 4) is 11.1 Å². The molecule has 1 fully saturated rings. The predicted molar refractivity (Wildman–Crippen MR) is 127 cm³/mol. The lowest BCUT2D eigenvalue weighted by atomic mass is 9.87. The Hall–Kier alpha value is -3.21. The first-order chi connectivity index (χ1) is 15.7. The lowest BCUT2D eigenvalue weighted by Gasteiger charge is -2.33. The van der Waals surface area contributed by atoms with Gasteiger partial charge in [0.2, 0.25) is 11.9 Å². The number of piperidine rings is 1. The second-order valence-electron chi connectivity index (χ2n) is 9.05. The Kier molecular flexibility index (Phi) is 5.89. The molecular formula is C27H30N4O. The normalized spacial score (nSPS) is 18.8. The number of hydrogen-bond acceptors (Lipinski definition) is 4. The third kappa shape index (κ3) is 4.38. The summed E-state index contributed by atoms with van der Waals surface area (Å²) in [7, 11) is 0. The van der Waals surface area contributed by atoms with Gasteiger partial charge in [-0.15, -0.1) is 0 Å². The second kappa shape index (κ2) is 9.11. The van der Waals surface area contributed by atoms with Crippen LogP contribution in [0.4, 0.5) is 5.95 Å². The topological polar surface area (TPSA) is 58.1 Å². The highest BCUT2D eigenvalue weighted by atomic mass is 16.1. The average molecular weight is 427 g/mol. The van der Waals surface area contributed by atoms with Crippen molar-refractivity contribution in [3.63, 3.8) is 0 Å². The molecule has 32 heavy (non-hydrogen) atoms. The zero-order valence-corrected chi connectivity index (χ0v) is 18.6. The highest BCUT2D eigenvalue weighted by molar-refractivity contribution is 5.79. The van der Waals surface area contributed by atoms with E-state index in [9.17, 15) is 4.79 Å². The van der Waals surface area contributed by atoms with Gasteiger partial charge in [0.05, 0.1) is 6.04 Å². The largest absolute Gasteiger partial charge is 0.349 e. The maximum Gasteiger partial charge on any atom is 0.225 e. The fourth-order valence-corrected chi connectivity index (χ4v) is 4.99. The number of amides is 1. The zero-order chi connectivity index (χ0) is 21.9. The molecule has 3 aromatic rings. The standard InChI is InChI=1S/C27H30N4O/c1-19-6-4-9-22(16-19)23-17-28-27(29-18-23)31-14-12-21(13-15-31)26(32)30-25-11-5-8-20-7-2-3-10-24(20)25/h2-4,6-7,9-10,16-18,21,25H,5,8,11-15H2,1H3,(H,30,32)/t25-/m1/s1. The van der Waals surface area contributed by atoms with Crippen LogP contribution in [-0.4, -0.2) is 29.0 Å². The summed E-state index contributed by atoms with van der Waals surface area (Å²) in [6.07, 6.45) is 8.75. The molecule has 1 amide bonds. The minimum atomic E-state index is 0.0619. The lowest BCUT2D eigenvalue weighted by Crippen LogP contribution is -2.42. The van der Waals surface area contributed by atoms with Gasteiger partial charge in [-0.1, -0.05) is 54.1 Å². The summed E-state index contributed by atoms with van der Waals surface area (Å²) in [5, 5.41) is 3.34. The quantitative estimate of drug-likeness (QED) is 0.647. The Bertz CT molecular complexity index is 1090. The number of benzene rings is 2. The Balaban J connectivity index is 1.18. The van der Waals surface area contributed by atoms with Crippen molar-refractivity contribution in [2.75, 3.05) is 18.0 Å².